The number of amides is 1. The Bertz CT molecular complexity index is 1110. The summed E-state index contributed by atoms with van der Waals surface area (Å²) in [4.78, 5) is 27.1. The molecule has 3 aromatic rings. The number of carbonyl (C=O) groups is 1. The standard InChI is InChI=1S/C18H16Cl2N4O2S/c1-9-2-4-11-14(6-9)27-17-16(11)18(26)24(23-22-17)8-15(25)21-13-7-10(19)3-5-12(13)20/h3,5,7,9H,2,4,6,8H2,1H3,(H,21,25)/t9-/m0/s1. The van der Waals surface area contributed by atoms with Crippen molar-refractivity contribution in [1.82, 2.24) is 15.0 Å². The number of thiophene rings is 1. The van der Waals surface area contributed by atoms with Crippen molar-refractivity contribution in [3.63, 3.8) is 0 Å². The number of hydrogen-bond acceptors (Lipinski definition) is 5. The summed E-state index contributed by atoms with van der Waals surface area (Å²) in [5.41, 5.74) is 1.18. The molecule has 0 aliphatic heterocycles. The van der Waals surface area contributed by atoms with E-state index in [-0.39, 0.29) is 12.1 Å². The molecule has 1 aromatic carbocycles. The zero-order chi connectivity index (χ0) is 19.1. The summed E-state index contributed by atoms with van der Waals surface area (Å²) in [6.07, 6.45) is 2.87. The van der Waals surface area contributed by atoms with Crippen molar-refractivity contribution in [3.8, 4) is 0 Å². The fourth-order valence-corrected chi connectivity index (χ4v) is 4.97. The topological polar surface area (TPSA) is 76.9 Å². The lowest BCUT2D eigenvalue weighted by atomic mass is 9.89. The quantitative estimate of drug-likeness (QED) is 0.693. The van der Waals surface area contributed by atoms with Crippen molar-refractivity contribution in [2.24, 2.45) is 5.92 Å². The smallest absolute Gasteiger partial charge is 0.279 e. The molecule has 6 nitrogen and oxygen atoms in total. The molecule has 1 aliphatic rings. The van der Waals surface area contributed by atoms with Crippen LogP contribution in [0.2, 0.25) is 10.0 Å². The third-order valence-corrected chi connectivity index (χ3v) is 6.38. The van der Waals surface area contributed by atoms with Gasteiger partial charge in [0.2, 0.25) is 5.91 Å². The van der Waals surface area contributed by atoms with E-state index < -0.39 is 5.91 Å². The lowest BCUT2D eigenvalue weighted by Gasteiger charge is -2.17. The summed E-state index contributed by atoms with van der Waals surface area (Å²) in [6.45, 7) is 1.97. The zero-order valence-corrected chi connectivity index (χ0v) is 16.8. The summed E-state index contributed by atoms with van der Waals surface area (Å²) in [5.74, 6) is 0.182. The third-order valence-electron chi connectivity index (χ3n) is 4.68. The van der Waals surface area contributed by atoms with Crippen LogP contribution in [-0.2, 0) is 24.2 Å². The van der Waals surface area contributed by atoms with Gasteiger partial charge in [-0.1, -0.05) is 35.3 Å². The number of aryl methyl sites for hydroxylation is 1. The predicted octanol–water partition coefficient (Wildman–Crippen LogP) is 3.92. The van der Waals surface area contributed by atoms with Gasteiger partial charge in [0.15, 0.2) is 4.83 Å². The van der Waals surface area contributed by atoms with Crippen molar-refractivity contribution in [1.29, 1.82) is 0 Å². The first-order chi connectivity index (χ1) is 12.9. The molecule has 1 N–H and O–H groups in total. The summed E-state index contributed by atoms with van der Waals surface area (Å²) in [7, 11) is 0. The number of hydrogen-bond donors (Lipinski definition) is 1. The molecular weight excluding hydrogens is 407 g/mol. The Hall–Kier alpha value is -1.96. The average molecular weight is 423 g/mol. The lowest BCUT2D eigenvalue weighted by molar-refractivity contribution is -0.117. The molecule has 0 saturated carbocycles. The van der Waals surface area contributed by atoms with Gasteiger partial charge in [0.05, 0.1) is 16.1 Å². The van der Waals surface area contributed by atoms with Gasteiger partial charge in [-0.3, -0.25) is 9.59 Å². The van der Waals surface area contributed by atoms with Crippen LogP contribution in [0.4, 0.5) is 5.69 Å². The van der Waals surface area contributed by atoms with Crippen molar-refractivity contribution in [2.75, 3.05) is 5.32 Å². The van der Waals surface area contributed by atoms with E-state index in [1.807, 2.05) is 0 Å². The number of benzene rings is 1. The molecule has 0 bridgehead atoms. The number of aromatic nitrogens is 3. The van der Waals surface area contributed by atoms with E-state index in [9.17, 15) is 9.59 Å². The van der Waals surface area contributed by atoms with E-state index in [0.717, 1.165) is 29.5 Å². The molecule has 1 amide bonds. The largest absolute Gasteiger partial charge is 0.323 e. The molecule has 1 aliphatic carbocycles. The second kappa shape index (κ2) is 7.22. The van der Waals surface area contributed by atoms with Crippen molar-refractivity contribution < 1.29 is 4.79 Å². The van der Waals surface area contributed by atoms with E-state index in [1.165, 1.54) is 16.2 Å². The number of carbonyl (C=O) groups excluding carboxylic acids is 1. The van der Waals surface area contributed by atoms with E-state index in [2.05, 4.69) is 22.6 Å². The van der Waals surface area contributed by atoms with Crippen molar-refractivity contribution in [3.05, 3.63) is 49.0 Å². The number of rotatable bonds is 3. The van der Waals surface area contributed by atoms with E-state index >= 15 is 0 Å². The zero-order valence-electron chi connectivity index (χ0n) is 14.5. The molecule has 0 fully saturated rings. The fourth-order valence-electron chi connectivity index (χ4n) is 3.31. The van der Waals surface area contributed by atoms with E-state index in [1.54, 1.807) is 18.2 Å². The lowest BCUT2D eigenvalue weighted by Crippen LogP contribution is -2.30. The first kappa shape index (κ1) is 18.4. The minimum absolute atomic E-state index is 0.244. The van der Waals surface area contributed by atoms with Gasteiger partial charge in [-0.15, -0.1) is 16.4 Å². The molecule has 0 radical (unpaired) electrons. The van der Waals surface area contributed by atoms with Gasteiger partial charge in [-0.2, -0.15) is 0 Å². The summed E-state index contributed by atoms with van der Waals surface area (Å²) >= 11 is 13.5. The van der Waals surface area contributed by atoms with Crippen molar-refractivity contribution >= 4 is 56.3 Å². The Morgan fingerprint density at radius 1 is 1.41 bits per heavy atom. The van der Waals surface area contributed by atoms with E-state index in [0.29, 0.717) is 31.9 Å². The number of nitrogens with zero attached hydrogens (tertiary/aromatic N) is 3. The fraction of sp³-hybridized carbons (Fsp3) is 0.333. The third kappa shape index (κ3) is 3.59. The second-order valence-electron chi connectivity index (χ2n) is 6.76. The molecular formula is C18H16Cl2N4O2S. The van der Waals surface area contributed by atoms with Crippen LogP contribution in [0.3, 0.4) is 0 Å². The van der Waals surface area contributed by atoms with Crippen LogP contribution < -0.4 is 10.9 Å². The van der Waals surface area contributed by atoms with Gasteiger partial charge in [0.25, 0.3) is 5.56 Å². The van der Waals surface area contributed by atoms with Gasteiger partial charge >= 0.3 is 0 Å². The Labute approximate surface area is 169 Å². The van der Waals surface area contributed by atoms with Crippen LogP contribution in [0.25, 0.3) is 10.2 Å². The maximum atomic E-state index is 12.9. The minimum atomic E-state index is -0.423. The number of fused-ring (bicyclic) bond motifs is 3. The normalized spacial score (nSPS) is 16.3. The maximum Gasteiger partial charge on any atom is 0.279 e. The Morgan fingerprint density at radius 3 is 3.04 bits per heavy atom. The molecule has 9 heteroatoms. The SMILES string of the molecule is C[C@H]1CCc2c(sc3nnn(CC(=O)Nc4cc(Cl)ccc4Cl)c(=O)c23)C1. The summed E-state index contributed by atoms with van der Waals surface area (Å²) in [5, 5.41) is 12.2. The second-order valence-corrected chi connectivity index (χ2v) is 8.68. The van der Waals surface area contributed by atoms with Crippen LogP contribution in [0.15, 0.2) is 23.0 Å². The van der Waals surface area contributed by atoms with Crippen LogP contribution >= 0.6 is 34.5 Å². The average Bonchev–Trinajstić information content (AvgIpc) is 2.98. The van der Waals surface area contributed by atoms with Gasteiger partial charge < -0.3 is 5.32 Å². The maximum absolute atomic E-state index is 12.9. The van der Waals surface area contributed by atoms with Gasteiger partial charge in [-0.25, -0.2) is 4.68 Å². The molecule has 0 spiro atoms. The Kier molecular flexibility index (Phi) is 4.92. The minimum Gasteiger partial charge on any atom is -0.323 e. The van der Waals surface area contributed by atoms with Crippen LogP contribution in [-0.4, -0.2) is 20.9 Å². The monoisotopic (exact) mass is 422 g/mol. The molecule has 140 valence electrons. The van der Waals surface area contributed by atoms with Gasteiger partial charge in [0, 0.05) is 9.90 Å². The Balaban J connectivity index is 1.62. The molecule has 1 atom stereocenters. The molecule has 0 unspecified atom stereocenters. The predicted molar refractivity (Wildman–Crippen MR) is 108 cm³/mol. The highest BCUT2D eigenvalue weighted by Crippen LogP contribution is 2.35. The van der Waals surface area contributed by atoms with Gasteiger partial charge in [-0.05, 0) is 48.9 Å². The van der Waals surface area contributed by atoms with Gasteiger partial charge in [0.1, 0.15) is 6.54 Å². The molecule has 0 saturated heterocycles. The summed E-state index contributed by atoms with van der Waals surface area (Å²) in [6, 6.07) is 4.77. The van der Waals surface area contributed by atoms with Crippen LogP contribution in [0.1, 0.15) is 23.8 Å². The number of anilines is 1. The molecule has 2 aromatic heterocycles. The highest BCUT2D eigenvalue weighted by atomic mass is 35.5. The number of nitrogens with one attached hydrogen (secondary N) is 1. The highest BCUT2D eigenvalue weighted by Gasteiger charge is 2.24. The molecule has 2 heterocycles. The van der Waals surface area contributed by atoms with Crippen molar-refractivity contribution in [2.45, 2.75) is 32.7 Å². The first-order valence-electron chi connectivity index (χ1n) is 8.55. The highest BCUT2D eigenvalue weighted by molar-refractivity contribution is 7.18. The first-order valence-corrected chi connectivity index (χ1v) is 10.1. The summed E-state index contributed by atoms with van der Waals surface area (Å²) < 4.78 is 1.10. The Morgan fingerprint density at radius 2 is 2.22 bits per heavy atom. The molecule has 4 rings (SSSR count). The van der Waals surface area contributed by atoms with E-state index in [4.69, 9.17) is 23.2 Å². The van der Waals surface area contributed by atoms with Crippen LogP contribution in [0.5, 0.6) is 0 Å². The molecule has 27 heavy (non-hydrogen) atoms. The number of halogens is 2. The van der Waals surface area contributed by atoms with Crippen LogP contribution in [0, 0.1) is 5.92 Å².